The van der Waals surface area contributed by atoms with Crippen molar-refractivity contribution in [2.45, 2.75) is 0 Å². The number of carbonyl (C=O) groups excluding carboxylic acids is 1. The van der Waals surface area contributed by atoms with E-state index in [1.165, 1.54) is 29.2 Å². The molecule has 2 rings (SSSR count). The molecule has 1 aromatic heterocycles. The van der Waals surface area contributed by atoms with Crippen LogP contribution < -0.4 is 4.74 Å². The summed E-state index contributed by atoms with van der Waals surface area (Å²) < 4.78 is 19.5. The summed E-state index contributed by atoms with van der Waals surface area (Å²) in [4.78, 5) is 13.0. The highest BCUT2D eigenvalue weighted by Crippen LogP contribution is 2.26. The summed E-state index contributed by atoms with van der Waals surface area (Å²) in [5.41, 5.74) is 0.192. The zero-order valence-corrected chi connectivity index (χ0v) is 12.4. The molecule has 2 aromatic rings. The molecule has 0 aliphatic carbocycles. The highest BCUT2D eigenvalue weighted by Gasteiger charge is 2.11. The molecule has 1 aromatic carbocycles. The second kappa shape index (κ2) is 5.96. The lowest BCUT2D eigenvalue weighted by molar-refractivity contribution is 0.0820. The van der Waals surface area contributed by atoms with Gasteiger partial charge in [-0.05, 0) is 24.3 Å². The number of benzene rings is 1. The van der Waals surface area contributed by atoms with Crippen LogP contribution in [0.5, 0.6) is 11.6 Å². The van der Waals surface area contributed by atoms with Gasteiger partial charge in [0.1, 0.15) is 0 Å². The Labute approximate surface area is 123 Å². The van der Waals surface area contributed by atoms with Crippen LogP contribution in [0.2, 0.25) is 0 Å². The zero-order chi connectivity index (χ0) is 14.7. The molecule has 104 valence electrons. The predicted octanol–water partition coefficient (Wildman–Crippen LogP) is 2.87. The Morgan fingerprint density at radius 2 is 2.00 bits per heavy atom. The second-order valence-corrected chi connectivity index (χ2v) is 5.05. The first-order valence-electron chi connectivity index (χ1n) is 5.65. The van der Waals surface area contributed by atoms with Gasteiger partial charge in [0.2, 0.25) is 5.88 Å². The number of hydrogen-bond acceptors (Lipinski definition) is 4. The van der Waals surface area contributed by atoms with E-state index in [4.69, 9.17) is 4.74 Å². The van der Waals surface area contributed by atoms with Gasteiger partial charge in [0.25, 0.3) is 5.91 Å². The Hall–Kier alpha value is -2.02. The molecular formula is C13H11BrFN3O2. The minimum Gasteiger partial charge on any atom is -0.434 e. The van der Waals surface area contributed by atoms with Crippen LogP contribution in [-0.4, -0.2) is 35.1 Å². The van der Waals surface area contributed by atoms with E-state index in [9.17, 15) is 9.18 Å². The van der Waals surface area contributed by atoms with Crippen molar-refractivity contribution >= 4 is 21.8 Å². The van der Waals surface area contributed by atoms with E-state index in [1.54, 1.807) is 20.2 Å². The molecule has 5 nitrogen and oxygen atoms in total. The van der Waals surface area contributed by atoms with E-state index in [0.29, 0.717) is 4.47 Å². The first-order valence-corrected chi connectivity index (χ1v) is 6.45. The Balaban J connectivity index is 2.19. The fraction of sp³-hybridized carbons (Fsp3) is 0.154. The Morgan fingerprint density at radius 3 is 2.60 bits per heavy atom. The molecule has 0 aliphatic heterocycles. The van der Waals surface area contributed by atoms with Crippen LogP contribution in [0, 0.1) is 5.82 Å². The highest BCUT2D eigenvalue weighted by molar-refractivity contribution is 9.10. The lowest BCUT2D eigenvalue weighted by Gasteiger charge is -2.09. The molecule has 0 aliphatic rings. The van der Waals surface area contributed by atoms with Crippen molar-refractivity contribution in [3.63, 3.8) is 0 Å². The van der Waals surface area contributed by atoms with Crippen LogP contribution in [0.4, 0.5) is 4.39 Å². The summed E-state index contributed by atoms with van der Waals surface area (Å²) in [7, 11) is 3.23. The van der Waals surface area contributed by atoms with Crippen molar-refractivity contribution in [1.29, 1.82) is 0 Å². The van der Waals surface area contributed by atoms with Gasteiger partial charge in [-0.25, -0.2) is 4.39 Å². The summed E-state index contributed by atoms with van der Waals surface area (Å²) in [5.74, 6) is -0.640. The van der Waals surface area contributed by atoms with Gasteiger partial charge in [0, 0.05) is 24.6 Å². The molecule has 0 spiro atoms. The molecule has 7 heteroatoms. The first-order chi connectivity index (χ1) is 9.47. The molecule has 0 radical (unpaired) electrons. The number of amides is 1. The molecule has 0 unspecified atom stereocenters. The largest absolute Gasteiger partial charge is 0.434 e. The van der Waals surface area contributed by atoms with E-state index in [-0.39, 0.29) is 23.2 Å². The number of carbonyl (C=O) groups is 1. The van der Waals surface area contributed by atoms with Gasteiger partial charge in [-0.15, -0.1) is 10.2 Å². The minimum absolute atomic E-state index is 0.0281. The molecule has 0 saturated heterocycles. The van der Waals surface area contributed by atoms with Gasteiger partial charge >= 0.3 is 0 Å². The van der Waals surface area contributed by atoms with E-state index in [1.807, 2.05) is 0 Å². The molecule has 0 atom stereocenters. The van der Waals surface area contributed by atoms with Crippen LogP contribution in [0.25, 0.3) is 0 Å². The summed E-state index contributed by atoms with van der Waals surface area (Å²) in [5, 5.41) is 7.49. The Bertz CT molecular complexity index is 632. The summed E-state index contributed by atoms with van der Waals surface area (Å²) in [6, 6.07) is 7.25. The van der Waals surface area contributed by atoms with Gasteiger partial charge in [-0.3, -0.25) is 4.79 Å². The number of aromatic nitrogens is 2. The second-order valence-electron chi connectivity index (χ2n) is 4.13. The Kier molecular flexibility index (Phi) is 4.29. The molecule has 0 N–H and O–H groups in total. The van der Waals surface area contributed by atoms with Crippen LogP contribution in [-0.2, 0) is 0 Å². The van der Waals surface area contributed by atoms with Gasteiger partial charge in [-0.2, -0.15) is 0 Å². The van der Waals surface area contributed by atoms with Crippen LogP contribution >= 0.6 is 15.9 Å². The first kappa shape index (κ1) is 14.4. The number of nitrogens with zero attached hydrogens (tertiary/aromatic N) is 3. The number of hydrogen-bond donors (Lipinski definition) is 0. The van der Waals surface area contributed by atoms with Crippen LogP contribution in [0.3, 0.4) is 0 Å². The molecule has 1 heterocycles. The normalized spacial score (nSPS) is 10.2. The fourth-order valence-corrected chi connectivity index (χ4v) is 1.73. The average Bonchev–Trinajstić information content (AvgIpc) is 2.43. The van der Waals surface area contributed by atoms with Crippen molar-refractivity contribution < 1.29 is 13.9 Å². The average molecular weight is 340 g/mol. The lowest BCUT2D eigenvalue weighted by atomic mass is 10.3. The number of rotatable bonds is 3. The third-order valence-electron chi connectivity index (χ3n) is 2.37. The van der Waals surface area contributed by atoms with Crippen molar-refractivity contribution in [2.75, 3.05) is 14.1 Å². The van der Waals surface area contributed by atoms with Crippen LogP contribution in [0.1, 0.15) is 10.5 Å². The summed E-state index contributed by atoms with van der Waals surface area (Å²) in [6.45, 7) is 0. The maximum absolute atomic E-state index is 13.5. The summed E-state index contributed by atoms with van der Waals surface area (Å²) in [6.07, 6.45) is 0. The topological polar surface area (TPSA) is 55.3 Å². The van der Waals surface area contributed by atoms with Gasteiger partial charge in [-0.1, -0.05) is 15.9 Å². The smallest absolute Gasteiger partial charge is 0.273 e. The van der Waals surface area contributed by atoms with Crippen molar-refractivity contribution in [3.8, 4) is 11.6 Å². The molecule has 0 bridgehead atoms. The maximum Gasteiger partial charge on any atom is 0.273 e. The molecular weight excluding hydrogens is 329 g/mol. The third kappa shape index (κ3) is 3.30. The number of ether oxygens (including phenoxy) is 1. The SMILES string of the molecule is CN(C)C(=O)c1ccc(Oc2cc(Br)ccc2F)nn1. The van der Waals surface area contributed by atoms with Crippen LogP contribution in [0.15, 0.2) is 34.8 Å². The zero-order valence-electron chi connectivity index (χ0n) is 10.8. The van der Waals surface area contributed by atoms with E-state index < -0.39 is 5.82 Å². The Morgan fingerprint density at radius 1 is 1.25 bits per heavy atom. The molecule has 20 heavy (non-hydrogen) atoms. The lowest BCUT2D eigenvalue weighted by Crippen LogP contribution is -2.23. The van der Waals surface area contributed by atoms with E-state index in [2.05, 4.69) is 26.1 Å². The quantitative estimate of drug-likeness (QED) is 0.862. The minimum atomic E-state index is -0.511. The van der Waals surface area contributed by atoms with E-state index >= 15 is 0 Å². The third-order valence-corrected chi connectivity index (χ3v) is 2.87. The van der Waals surface area contributed by atoms with E-state index in [0.717, 1.165) is 0 Å². The molecule has 1 amide bonds. The van der Waals surface area contributed by atoms with Crippen molar-refractivity contribution in [3.05, 3.63) is 46.3 Å². The molecule has 0 fully saturated rings. The maximum atomic E-state index is 13.5. The standard InChI is InChI=1S/C13H11BrFN3O2/c1-18(2)13(19)10-5-6-12(17-16-10)20-11-7-8(14)3-4-9(11)15/h3-7H,1-2H3. The highest BCUT2D eigenvalue weighted by atomic mass is 79.9. The number of halogens is 2. The van der Waals surface area contributed by atoms with Crippen molar-refractivity contribution in [2.24, 2.45) is 0 Å². The van der Waals surface area contributed by atoms with Gasteiger partial charge in [0.05, 0.1) is 0 Å². The van der Waals surface area contributed by atoms with Gasteiger partial charge in [0.15, 0.2) is 17.3 Å². The fourth-order valence-electron chi connectivity index (χ4n) is 1.39. The van der Waals surface area contributed by atoms with Gasteiger partial charge < -0.3 is 9.64 Å². The predicted molar refractivity (Wildman–Crippen MR) is 74.2 cm³/mol. The summed E-state index contributed by atoms with van der Waals surface area (Å²) >= 11 is 3.22. The molecule has 0 saturated carbocycles. The van der Waals surface area contributed by atoms with Crippen molar-refractivity contribution in [1.82, 2.24) is 15.1 Å². The monoisotopic (exact) mass is 339 g/mol.